The van der Waals surface area contributed by atoms with Crippen molar-refractivity contribution in [2.24, 2.45) is 0 Å². The first-order chi connectivity index (χ1) is 10.6. The molecule has 0 bridgehead atoms. The minimum absolute atomic E-state index is 0.0257. The van der Waals surface area contributed by atoms with Crippen molar-refractivity contribution in [3.05, 3.63) is 32.7 Å². The first-order valence-corrected chi connectivity index (χ1v) is 7.77. The minimum atomic E-state index is -0.385. The summed E-state index contributed by atoms with van der Waals surface area (Å²) in [5, 5.41) is 14.2. The predicted octanol–water partition coefficient (Wildman–Crippen LogP) is 3.57. The fourth-order valence-electron chi connectivity index (χ4n) is 1.81. The molecule has 0 aliphatic rings. The molecule has 0 radical (unpaired) electrons. The number of carbonyl (C=O) groups excluding carboxylic acids is 1. The van der Waals surface area contributed by atoms with Crippen LogP contribution in [0.25, 0.3) is 11.5 Å². The quantitative estimate of drug-likeness (QED) is 0.771. The Hall–Kier alpha value is -1.90. The van der Waals surface area contributed by atoms with Gasteiger partial charge >= 0.3 is 6.01 Å². The van der Waals surface area contributed by atoms with Crippen LogP contribution < -0.4 is 5.32 Å². The third-order valence-electron chi connectivity index (χ3n) is 2.78. The Balaban J connectivity index is 1.80. The second kappa shape index (κ2) is 6.07. The molecule has 0 aromatic carbocycles. The van der Waals surface area contributed by atoms with Gasteiger partial charge < -0.3 is 4.42 Å². The van der Waals surface area contributed by atoms with Crippen LogP contribution in [0.4, 0.5) is 6.01 Å². The number of aromatic nitrogens is 4. The number of thiophene rings is 1. The zero-order valence-corrected chi connectivity index (χ0v) is 13.5. The van der Waals surface area contributed by atoms with E-state index in [1.165, 1.54) is 11.3 Å². The third-order valence-corrected chi connectivity index (χ3v) is 4.27. The highest BCUT2D eigenvalue weighted by Crippen LogP contribution is 2.37. The second-order valence-corrected chi connectivity index (χ2v) is 6.42. The summed E-state index contributed by atoms with van der Waals surface area (Å²) in [6.45, 7) is 2.46. The summed E-state index contributed by atoms with van der Waals surface area (Å²) in [5.41, 5.74) is 0.933. The first kappa shape index (κ1) is 15.0. The Morgan fingerprint density at radius 1 is 1.45 bits per heavy atom. The van der Waals surface area contributed by atoms with Gasteiger partial charge in [0.05, 0.1) is 9.90 Å². The molecule has 0 saturated heterocycles. The Bertz CT molecular complexity index is 825. The number of aryl methyl sites for hydroxylation is 1. The average molecular weight is 358 g/mol. The Kier molecular flexibility index (Phi) is 4.14. The van der Waals surface area contributed by atoms with Gasteiger partial charge in [-0.3, -0.25) is 14.8 Å². The Morgan fingerprint density at radius 2 is 2.27 bits per heavy atom. The molecule has 3 rings (SSSR count). The molecular weight excluding hydrogens is 349 g/mol. The summed E-state index contributed by atoms with van der Waals surface area (Å²) in [7, 11) is 0. The molecule has 0 saturated carbocycles. The molecule has 22 heavy (non-hydrogen) atoms. The lowest BCUT2D eigenvalue weighted by molar-refractivity contribution is 0.101. The fraction of sp³-hybridized carbons (Fsp3) is 0.167. The molecule has 0 fully saturated rings. The highest BCUT2D eigenvalue weighted by Gasteiger charge is 2.18. The van der Waals surface area contributed by atoms with Crippen molar-refractivity contribution in [2.45, 2.75) is 13.5 Å². The number of carbonyl (C=O) groups is 1. The number of nitrogens with one attached hydrogen (secondary N) is 1. The lowest BCUT2D eigenvalue weighted by atomic mass is 10.3. The van der Waals surface area contributed by atoms with Crippen LogP contribution in [0.15, 0.2) is 22.7 Å². The molecule has 0 aliphatic carbocycles. The van der Waals surface area contributed by atoms with E-state index in [0.717, 1.165) is 0 Å². The maximum absolute atomic E-state index is 12.1. The van der Waals surface area contributed by atoms with Gasteiger partial charge in [-0.1, -0.05) is 28.3 Å². The van der Waals surface area contributed by atoms with Crippen LogP contribution in [-0.4, -0.2) is 25.9 Å². The molecule has 0 spiro atoms. The molecule has 1 N–H and O–H groups in total. The Labute approximate surface area is 138 Å². The lowest BCUT2D eigenvalue weighted by Crippen LogP contribution is -2.17. The number of hydrogen-bond acceptors (Lipinski definition) is 6. The summed E-state index contributed by atoms with van der Waals surface area (Å²) < 4.78 is 7.89. The van der Waals surface area contributed by atoms with E-state index < -0.39 is 0 Å². The fourth-order valence-corrected chi connectivity index (χ4v) is 3.26. The van der Waals surface area contributed by atoms with Crippen molar-refractivity contribution in [3.8, 4) is 11.5 Å². The van der Waals surface area contributed by atoms with Crippen molar-refractivity contribution in [1.29, 1.82) is 0 Å². The van der Waals surface area contributed by atoms with Gasteiger partial charge in [-0.15, -0.1) is 16.4 Å². The topological polar surface area (TPSA) is 85.8 Å². The molecule has 1 amide bonds. The molecule has 3 aromatic rings. The molecule has 3 aromatic heterocycles. The molecule has 0 atom stereocenters. The normalized spacial score (nSPS) is 10.9. The molecule has 10 heteroatoms. The highest BCUT2D eigenvalue weighted by molar-refractivity contribution is 7.20. The number of hydrogen-bond donors (Lipinski definition) is 1. The summed E-state index contributed by atoms with van der Waals surface area (Å²) in [4.78, 5) is 12.1. The number of amides is 1. The van der Waals surface area contributed by atoms with E-state index in [0.29, 0.717) is 26.5 Å². The van der Waals surface area contributed by atoms with Gasteiger partial charge in [0.2, 0.25) is 0 Å². The molecule has 0 aliphatic heterocycles. The summed E-state index contributed by atoms with van der Waals surface area (Å²) in [6.07, 6.45) is 1.55. The largest absolute Gasteiger partial charge is 0.403 e. The van der Waals surface area contributed by atoms with E-state index in [2.05, 4.69) is 20.6 Å². The van der Waals surface area contributed by atoms with Gasteiger partial charge in [0, 0.05) is 12.7 Å². The van der Waals surface area contributed by atoms with E-state index in [4.69, 9.17) is 27.6 Å². The van der Waals surface area contributed by atoms with Crippen LogP contribution in [0.5, 0.6) is 0 Å². The number of halogens is 2. The van der Waals surface area contributed by atoms with Crippen LogP contribution in [0.2, 0.25) is 8.67 Å². The zero-order valence-electron chi connectivity index (χ0n) is 11.2. The van der Waals surface area contributed by atoms with Crippen LogP contribution in [0.3, 0.4) is 0 Å². The standard InChI is InChI=1S/C12H9Cl2N5O2S/c1-2-19-7(3-4-15-19)10(20)16-12-18-17-11(21-12)6-5-8(13)22-9(6)14/h3-5H,2H2,1H3,(H,16,18,20). The maximum Gasteiger partial charge on any atom is 0.322 e. The third kappa shape index (κ3) is 2.85. The van der Waals surface area contributed by atoms with Gasteiger partial charge in [-0.2, -0.15) is 5.10 Å². The molecular formula is C12H9Cl2N5O2S. The van der Waals surface area contributed by atoms with E-state index in [9.17, 15) is 4.79 Å². The van der Waals surface area contributed by atoms with Crippen LogP contribution in [-0.2, 0) is 6.54 Å². The number of rotatable bonds is 4. The predicted molar refractivity (Wildman–Crippen MR) is 83.5 cm³/mol. The SMILES string of the molecule is CCn1nccc1C(=O)Nc1nnc(-c2cc(Cl)sc2Cl)o1. The monoisotopic (exact) mass is 357 g/mol. The molecule has 7 nitrogen and oxygen atoms in total. The number of anilines is 1. The molecule has 0 unspecified atom stereocenters. The summed E-state index contributed by atoms with van der Waals surface area (Å²) in [6, 6.07) is 3.20. The van der Waals surface area contributed by atoms with Gasteiger partial charge in [0.1, 0.15) is 10.0 Å². The second-order valence-electron chi connectivity index (χ2n) is 4.14. The van der Waals surface area contributed by atoms with Crippen molar-refractivity contribution < 1.29 is 9.21 Å². The average Bonchev–Trinajstić information content (AvgIpc) is 3.18. The van der Waals surface area contributed by atoms with E-state index >= 15 is 0 Å². The number of nitrogens with zero attached hydrogens (tertiary/aromatic N) is 4. The first-order valence-electron chi connectivity index (χ1n) is 6.20. The van der Waals surface area contributed by atoms with Gasteiger partial charge in [0.25, 0.3) is 11.8 Å². The van der Waals surface area contributed by atoms with Crippen LogP contribution in [0, 0.1) is 0 Å². The van der Waals surface area contributed by atoms with Crippen molar-refractivity contribution in [1.82, 2.24) is 20.0 Å². The lowest BCUT2D eigenvalue weighted by Gasteiger charge is -2.02. The van der Waals surface area contributed by atoms with Gasteiger partial charge in [-0.25, -0.2) is 0 Å². The smallest absolute Gasteiger partial charge is 0.322 e. The summed E-state index contributed by atoms with van der Waals surface area (Å²) >= 11 is 13.1. The molecule has 114 valence electrons. The van der Waals surface area contributed by atoms with Gasteiger partial charge in [-0.05, 0) is 19.1 Å². The highest BCUT2D eigenvalue weighted by atomic mass is 35.5. The van der Waals surface area contributed by atoms with Crippen molar-refractivity contribution in [3.63, 3.8) is 0 Å². The molecule has 3 heterocycles. The van der Waals surface area contributed by atoms with E-state index in [-0.39, 0.29) is 17.8 Å². The van der Waals surface area contributed by atoms with Crippen molar-refractivity contribution >= 4 is 46.5 Å². The van der Waals surface area contributed by atoms with E-state index in [1.807, 2.05) is 6.92 Å². The summed E-state index contributed by atoms with van der Waals surface area (Å²) in [5.74, 6) is -0.198. The zero-order chi connectivity index (χ0) is 15.7. The van der Waals surface area contributed by atoms with Gasteiger partial charge in [0.15, 0.2) is 0 Å². The maximum atomic E-state index is 12.1. The Morgan fingerprint density at radius 3 is 2.95 bits per heavy atom. The van der Waals surface area contributed by atoms with E-state index in [1.54, 1.807) is 23.0 Å². The van der Waals surface area contributed by atoms with Crippen LogP contribution in [0.1, 0.15) is 17.4 Å². The van der Waals surface area contributed by atoms with Crippen LogP contribution >= 0.6 is 34.5 Å². The minimum Gasteiger partial charge on any atom is -0.403 e. The van der Waals surface area contributed by atoms with Crippen molar-refractivity contribution in [2.75, 3.05) is 5.32 Å².